The second-order valence-electron chi connectivity index (χ2n) is 5.66. The molecule has 0 bridgehead atoms. The number of rotatable bonds is 4. The second-order valence-corrected chi connectivity index (χ2v) is 5.66. The molecule has 1 saturated heterocycles. The van der Waals surface area contributed by atoms with Gasteiger partial charge in [-0.1, -0.05) is 30.3 Å². The van der Waals surface area contributed by atoms with Gasteiger partial charge in [0.25, 0.3) is 5.56 Å². The predicted octanol–water partition coefficient (Wildman–Crippen LogP) is -0.0891. The van der Waals surface area contributed by atoms with Crippen LogP contribution in [0.25, 0.3) is 11.8 Å². The van der Waals surface area contributed by atoms with Crippen LogP contribution < -0.4 is 5.56 Å². The third-order valence-electron chi connectivity index (χ3n) is 3.99. The number of hydrogen-bond acceptors (Lipinski definition) is 7. The average molecular weight is 346 g/mol. The highest BCUT2D eigenvalue weighted by Crippen LogP contribution is 2.30. The van der Waals surface area contributed by atoms with Crippen molar-refractivity contribution in [3.05, 3.63) is 64.3 Å². The molecule has 132 valence electrons. The normalized spacial score (nSPS) is 26.8. The molecule has 0 spiro atoms. The number of aromatic nitrogens is 2. The molecule has 0 radical (unpaired) electrons. The fourth-order valence-corrected chi connectivity index (χ4v) is 2.67. The molecule has 2 aromatic rings. The number of benzene rings is 1. The summed E-state index contributed by atoms with van der Waals surface area (Å²) in [5.74, 6) is -0.0807. The lowest BCUT2D eigenvalue weighted by molar-refractivity contribution is -0.0537. The first-order chi connectivity index (χ1) is 12.0. The molecule has 3 rings (SSSR count). The Morgan fingerprint density at radius 1 is 1.20 bits per heavy atom. The number of aliphatic hydroxyl groups excluding tert-OH is 4. The lowest BCUT2D eigenvalue weighted by Crippen LogP contribution is -2.33. The molecule has 1 aliphatic heterocycles. The van der Waals surface area contributed by atoms with Crippen molar-refractivity contribution in [2.45, 2.75) is 24.5 Å². The van der Waals surface area contributed by atoms with Gasteiger partial charge in [-0.05, 0) is 0 Å². The Bertz CT molecular complexity index is 819. The summed E-state index contributed by atoms with van der Waals surface area (Å²) in [6.07, 6.45) is -2.01. The quantitative estimate of drug-likeness (QED) is 0.570. The summed E-state index contributed by atoms with van der Waals surface area (Å²) < 4.78 is 6.77. The van der Waals surface area contributed by atoms with Gasteiger partial charge in [0.1, 0.15) is 29.9 Å². The van der Waals surface area contributed by atoms with E-state index in [0.29, 0.717) is 5.56 Å². The van der Waals surface area contributed by atoms with E-state index in [-0.39, 0.29) is 11.6 Å². The Balaban J connectivity index is 2.01. The van der Waals surface area contributed by atoms with E-state index < -0.39 is 36.7 Å². The lowest BCUT2D eigenvalue weighted by atomic mass is 10.1. The van der Waals surface area contributed by atoms with E-state index in [2.05, 4.69) is 4.98 Å². The van der Waals surface area contributed by atoms with Crippen molar-refractivity contribution >= 4 is 11.8 Å². The van der Waals surface area contributed by atoms with Crippen molar-refractivity contribution in [2.75, 3.05) is 6.61 Å². The summed E-state index contributed by atoms with van der Waals surface area (Å²) in [5, 5.41) is 39.5. The zero-order valence-corrected chi connectivity index (χ0v) is 13.1. The first-order valence-corrected chi connectivity index (χ1v) is 7.69. The van der Waals surface area contributed by atoms with Crippen LogP contribution in [-0.4, -0.2) is 54.9 Å². The van der Waals surface area contributed by atoms with Crippen LogP contribution in [-0.2, 0) is 4.74 Å². The summed E-state index contributed by atoms with van der Waals surface area (Å²) in [5.41, 5.74) is -0.0107. The van der Waals surface area contributed by atoms with Crippen LogP contribution >= 0.6 is 0 Å². The van der Waals surface area contributed by atoms with Crippen LogP contribution in [0.4, 0.5) is 0 Å². The van der Waals surface area contributed by atoms with E-state index in [9.17, 15) is 25.2 Å². The van der Waals surface area contributed by atoms with Crippen molar-refractivity contribution < 1.29 is 25.2 Å². The molecular weight excluding hydrogens is 328 g/mol. The minimum atomic E-state index is -1.33. The standard InChI is InChI=1S/C17H18N2O6/c20-9-12-15(23)16(24)17(25-12)19-7-6-14(22)18-13(19)8-11(21)10-4-2-1-3-5-10/h1-8,12,15-17,20-21,23-24H,9H2/b11-8-/t12-,15+,16+,17+/m0/s1. The molecule has 0 aliphatic carbocycles. The first kappa shape index (κ1) is 17.3. The molecule has 25 heavy (non-hydrogen) atoms. The maximum atomic E-state index is 11.6. The molecule has 0 unspecified atom stereocenters. The molecule has 8 heteroatoms. The summed E-state index contributed by atoms with van der Waals surface area (Å²) in [6.45, 7) is -0.469. The SMILES string of the molecule is O=c1ccn([C@@H]2O[C@@H](CO)[C@@H](O)[C@H]2O)c(/C=C(\O)c2ccccc2)n1. The number of ether oxygens (including phenoxy) is 1. The van der Waals surface area contributed by atoms with Gasteiger partial charge in [0.2, 0.25) is 0 Å². The Morgan fingerprint density at radius 3 is 2.56 bits per heavy atom. The minimum absolute atomic E-state index is 0.0451. The van der Waals surface area contributed by atoms with E-state index in [4.69, 9.17) is 4.74 Å². The molecule has 1 fully saturated rings. The first-order valence-electron chi connectivity index (χ1n) is 7.69. The Hall–Kier alpha value is -2.52. The van der Waals surface area contributed by atoms with Gasteiger partial charge < -0.3 is 29.7 Å². The summed E-state index contributed by atoms with van der Waals surface area (Å²) >= 11 is 0. The monoisotopic (exact) mass is 346 g/mol. The van der Waals surface area contributed by atoms with E-state index in [1.807, 2.05) is 0 Å². The molecule has 0 amide bonds. The molecular formula is C17H18N2O6. The van der Waals surface area contributed by atoms with E-state index in [1.165, 1.54) is 22.9 Å². The molecule has 8 nitrogen and oxygen atoms in total. The van der Waals surface area contributed by atoms with Crippen LogP contribution in [0.15, 0.2) is 47.4 Å². The van der Waals surface area contributed by atoms with Crippen molar-refractivity contribution in [3.63, 3.8) is 0 Å². The third kappa shape index (κ3) is 3.47. The van der Waals surface area contributed by atoms with Gasteiger partial charge in [0.15, 0.2) is 6.23 Å². The van der Waals surface area contributed by atoms with Crippen LogP contribution in [0.3, 0.4) is 0 Å². The molecule has 1 aliphatic rings. The van der Waals surface area contributed by atoms with Crippen LogP contribution in [0.5, 0.6) is 0 Å². The zero-order chi connectivity index (χ0) is 18.0. The summed E-state index contributed by atoms with van der Waals surface area (Å²) in [6, 6.07) is 9.83. The molecule has 0 saturated carbocycles. The van der Waals surface area contributed by atoms with Gasteiger partial charge in [0.05, 0.1) is 6.61 Å². The highest BCUT2D eigenvalue weighted by molar-refractivity contribution is 5.74. The van der Waals surface area contributed by atoms with Crippen LogP contribution in [0.2, 0.25) is 0 Å². The molecule has 4 atom stereocenters. The largest absolute Gasteiger partial charge is 0.507 e. The van der Waals surface area contributed by atoms with Crippen LogP contribution in [0.1, 0.15) is 17.6 Å². The van der Waals surface area contributed by atoms with Gasteiger partial charge in [0, 0.05) is 23.9 Å². The average Bonchev–Trinajstić information content (AvgIpc) is 2.91. The smallest absolute Gasteiger partial charge is 0.273 e. The highest BCUT2D eigenvalue weighted by Gasteiger charge is 2.43. The molecule has 4 N–H and O–H groups in total. The third-order valence-corrected chi connectivity index (χ3v) is 3.99. The molecule has 1 aromatic heterocycles. The number of nitrogens with zero attached hydrogens (tertiary/aromatic N) is 2. The Kier molecular flexibility index (Phi) is 4.95. The van der Waals surface area contributed by atoms with E-state index in [0.717, 1.165) is 0 Å². The molecule has 1 aromatic carbocycles. The Morgan fingerprint density at radius 2 is 1.92 bits per heavy atom. The maximum absolute atomic E-state index is 11.6. The minimum Gasteiger partial charge on any atom is -0.507 e. The predicted molar refractivity (Wildman–Crippen MR) is 88.4 cm³/mol. The van der Waals surface area contributed by atoms with Crippen molar-refractivity contribution in [1.29, 1.82) is 0 Å². The fraction of sp³-hybridized carbons (Fsp3) is 0.294. The second kappa shape index (κ2) is 7.16. The molecule has 2 heterocycles. The van der Waals surface area contributed by atoms with E-state index >= 15 is 0 Å². The van der Waals surface area contributed by atoms with Gasteiger partial charge in [-0.2, -0.15) is 4.98 Å². The van der Waals surface area contributed by atoms with Gasteiger partial charge in [-0.25, -0.2) is 0 Å². The summed E-state index contributed by atoms with van der Waals surface area (Å²) in [4.78, 5) is 15.4. The van der Waals surface area contributed by atoms with Gasteiger partial charge in [-0.15, -0.1) is 0 Å². The van der Waals surface area contributed by atoms with E-state index in [1.54, 1.807) is 30.3 Å². The Labute approximate surface area is 142 Å². The lowest BCUT2D eigenvalue weighted by Gasteiger charge is -2.20. The fourth-order valence-electron chi connectivity index (χ4n) is 2.67. The number of hydrogen-bond donors (Lipinski definition) is 4. The van der Waals surface area contributed by atoms with Crippen molar-refractivity contribution in [3.8, 4) is 0 Å². The number of aliphatic hydroxyl groups is 4. The van der Waals surface area contributed by atoms with Crippen molar-refractivity contribution in [1.82, 2.24) is 9.55 Å². The van der Waals surface area contributed by atoms with Crippen molar-refractivity contribution in [2.24, 2.45) is 0 Å². The van der Waals surface area contributed by atoms with Crippen LogP contribution in [0, 0.1) is 0 Å². The highest BCUT2D eigenvalue weighted by atomic mass is 16.6. The zero-order valence-electron chi connectivity index (χ0n) is 13.1. The van der Waals surface area contributed by atoms with Gasteiger partial charge >= 0.3 is 0 Å². The van der Waals surface area contributed by atoms with Gasteiger partial charge in [-0.3, -0.25) is 4.79 Å². The topological polar surface area (TPSA) is 125 Å². The summed E-state index contributed by atoms with van der Waals surface area (Å²) in [7, 11) is 0. The maximum Gasteiger partial charge on any atom is 0.273 e.